The van der Waals surface area contributed by atoms with E-state index in [2.05, 4.69) is 10.6 Å². The minimum atomic E-state index is -3.29. The molecule has 3 rings (SSSR count). The molecule has 2 aromatic carbocycles. The van der Waals surface area contributed by atoms with Crippen LogP contribution >= 0.6 is 0 Å². The van der Waals surface area contributed by atoms with Crippen molar-refractivity contribution in [2.75, 3.05) is 36.4 Å². The van der Waals surface area contributed by atoms with Crippen molar-refractivity contribution in [3.63, 3.8) is 0 Å². The smallest absolute Gasteiger partial charge is 0.224 e. The Hall–Kier alpha value is -3.07. The first-order valence-corrected chi connectivity index (χ1v) is 11.7. The van der Waals surface area contributed by atoms with Crippen LogP contribution in [0.4, 0.5) is 11.4 Å². The molecule has 0 bridgehead atoms. The molecule has 0 spiro atoms. The highest BCUT2D eigenvalue weighted by atomic mass is 32.2. The van der Waals surface area contributed by atoms with Gasteiger partial charge in [-0.25, -0.2) is 8.42 Å². The zero-order valence-electron chi connectivity index (χ0n) is 17.5. The predicted octanol–water partition coefficient (Wildman–Crippen LogP) is 2.72. The summed E-state index contributed by atoms with van der Waals surface area (Å²) in [5, 5.41) is 5.54. The van der Waals surface area contributed by atoms with E-state index in [0.29, 0.717) is 22.9 Å². The van der Waals surface area contributed by atoms with Crippen LogP contribution in [-0.2, 0) is 19.4 Å². The van der Waals surface area contributed by atoms with Crippen molar-refractivity contribution in [2.24, 2.45) is 11.8 Å². The zero-order chi connectivity index (χ0) is 22.4. The minimum Gasteiger partial charge on any atom is -0.497 e. The molecular weight excluding hydrogens is 420 g/mol. The maximum Gasteiger partial charge on any atom is 0.224 e. The van der Waals surface area contributed by atoms with Crippen LogP contribution in [0.25, 0.3) is 0 Å². The summed E-state index contributed by atoms with van der Waals surface area (Å²) in [6, 6.07) is 13.7. The van der Waals surface area contributed by atoms with Crippen molar-refractivity contribution in [2.45, 2.75) is 12.8 Å². The van der Waals surface area contributed by atoms with Crippen LogP contribution in [-0.4, -0.2) is 46.0 Å². The molecule has 31 heavy (non-hydrogen) atoms. The summed E-state index contributed by atoms with van der Waals surface area (Å²) in [5.41, 5.74) is 1.20. The second kappa shape index (κ2) is 9.82. The molecule has 8 nitrogen and oxygen atoms in total. The van der Waals surface area contributed by atoms with E-state index >= 15 is 0 Å². The van der Waals surface area contributed by atoms with Crippen LogP contribution in [0, 0.1) is 11.8 Å². The van der Waals surface area contributed by atoms with Gasteiger partial charge in [0, 0.05) is 24.2 Å². The molecule has 2 N–H and O–H groups in total. The average molecular weight is 447 g/mol. The maximum absolute atomic E-state index is 12.5. The van der Waals surface area contributed by atoms with Crippen molar-refractivity contribution in [1.82, 2.24) is 0 Å². The van der Waals surface area contributed by atoms with Gasteiger partial charge in [0.2, 0.25) is 11.8 Å². The highest BCUT2D eigenvalue weighted by molar-refractivity contribution is 7.91. The largest absolute Gasteiger partial charge is 0.497 e. The number of hydrogen-bond acceptors (Lipinski definition) is 6. The Morgan fingerprint density at radius 1 is 0.774 bits per heavy atom. The van der Waals surface area contributed by atoms with Gasteiger partial charge in [0.1, 0.15) is 11.5 Å². The Morgan fingerprint density at radius 2 is 1.13 bits per heavy atom. The molecule has 9 heteroatoms. The van der Waals surface area contributed by atoms with Crippen LogP contribution in [0.3, 0.4) is 0 Å². The third-order valence-electron chi connectivity index (χ3n) is 5.25. The van der Waals surface area contributed by atoms with E-state index in [9.17, 15) is 18.0 Å². The molecule has 0 radical (unpaired) electrons. The fourth-order valence-electron chi connectivity index (χ4n) is 3.69. The Balaban J connectivity index is 1.59. The third-order valence-corrected chi connectivity index (χ3v) is 7.12. The second-order valence-corrected chi connectivity index (χ2v) is 9.71. The average Bonchev–Trinajstić information content (AvgIpc) is 3.01. The standard InChI is InChI=1S/C22H26N2O6S/c1-29-19-7-3-17(4-8-19)23-21(25)11-15-13-31(27,28)14-16(15)12-22(26)24-18-5-9-20(30-2)10-6-18/h3-10,15-16H,11-14H2,1-2H3,(H,23,25)(H,24,26)/t15-,16-/m0/s1. The number of nitrogens with one attached hydrogen (secondary N) is 2. The van der Waals surface area contributed by atoms with E-state index in [0.717, 1.165) is 0 Å². The topological polar surface area (TPSA) is 111 Å². The van der Waals surface area contributed by atoms with E-state index in [4.69, 9.17) is 9.47 Å². The number of benzene rings is 2. The molecule has 1 saturated heterocycles. The molecule has 0 unspecified atom stereocenters. The Bertz CT molecular complexity index is 941. The lowest BCUT2D eigenvalue weighted by molar-refractivity contribution is -0.119. The number of hydrogen-bond donors (Lipinski definition) is 2. The number of carbonyl (C=O) groups is 2. The normalized spacial score (nSPS) is 19.4. The fraction of sp³-hybridized carbons (Fsp3) is 0.364. The lowest BCUT2D eigenvalue weighted by Crippen LogP contribution is -2.25. The number of methoxy groups -OCH3 is 2. The minimum absolute atomic E-state index is 0.0335. The van der Waals surface area contributed by atoms with Crippen LogP contribution in [0.2, 0.25) is 0 Å². The van der Waals surface area contributed by atoms with E-state index in [1.165, 1.54) is 0 Å². The first-order valence-electron chi connectivity index (χ1n) is 9.86. The Morgan fingerprint density at radius 3 is 1.45 bits per heavy atom. The number of carbonyl (C=O) groups excluding carboxylic acids is 2. The summed E-state index contributed by atoms with van der Waals surface area (Å²) < 4.78 is 34.5. The van der Waals surface area contributed by atoms with Gasteiger partial charge in [-0.2, -0.15) is 0 Å². The predicted molar refractivity (Wildman–Crippen MR) is 118 cm³/mol. The fourth-order valence-corrected chi connectivity index (χ4v) is 5.91. The first-order chi connectivity index (χ1) is 14.8. The van der Waals surface area contributed by atoms with Gasteiger partial charge in [0.05, 0.1) is 25.7 Å². The number of amides is 2. The summed E-state index contributed by atoms with van der Waals surface area (Å²) >= 11 is 0. The molecule has 166 valence electrons. The molecule has 2 amide bonds. The lowest BCUT2D eigenvalue weighted by Gasteiger charge is -2.17. The molecular formula is C22H26N2O6S. The quantitative estimate of drug-likeness (QED) is 0.645. The van der Waals surface area contributed by atoms with E-state index in [1.807, 2.05) is 0 Å². The molecule has 1 aliphatic rings. The van der Waals surface area contributed by atoms with Gasteiger partial charge in [0.25, 0.3) is 0 Å². The molecule has 2 atom stereocenters. The van der Waals surface area contributed by atoms with Crippen molar-refractivity contribution >= 4 is 33.0 Å². The number of anilines is 2. The van der Waals surface area contributed by atoms with E-state index in [-0.39, 0.29) is 36.2 Å². The van der Waals surface area contributed by atoms with Crippen molar-refractivity contribution < 1.29 is 27.5 Å². The second-order valence-electron chi connectivity index (χ2n) is 7.56. The monoisotopic (exact) mass is 446 g/mol. The summed E-state index contributed by atoms with van der Waals surface area (Å²) in [5.74, 6) is -0.242. The summed E-state index contributed by atoms with van der Waals surface area (Å²) in [4.78, 5) is 24.9. The molecule has 1 fully saturated rings. The third kappa shape index (κ3) is 6.45. The van der Waals surface area contributed by atoms with Gasteiger partial charge in [-0.05, 0) is 60.4 Å². The molecule has 2 aromatic rings. The summed E-state index contributed by atoms with van der Waals surface area (Å²) in [6.45, 7) is 0. The van der Waals surface area contributed by atoms with Gasteiger partial charge >= 0.3 is 0 Å². The van der Waals surface area contributed by atoms with Crippen LogP contribution in [0.1, 0.15) is 12.8 Å². The van der Waals surface area contributed by atoms with Gasteiger partial charge in [-0.15, -0.1) is 0 Å². The zero-order valence-corrected chi connectivity index (χ0v) is 18.3. The number of sulfone groups is 1. The molecule has 0 aromatic heterocycles. The first kappa shape index (κ1) is 22.6. The van der Waals surface area contributed by atoms with Crippen molar-refractivity contribution in [3.05, 3.63) is 48.5 Å². The molecule has 0 aliphatic carbocycles. The molecule has 0 saturated carbocycles. The Kier molecular flexibility index (Phi) is 7.17. The van der Waals surface area contributed by atoms with E-state index in [1.54, 1.807) is 62.8 Å². The van der Waals surface area contributed by atoms with Crippen LogP contribution < -0.4 is 20.1 Å². The number of ether oxygens (including phenoxy) is 2. The highest BCUT2D eigenvalue weighted by Gasteiger charge is 2.39. The highest BCUT2D eigenvalue weighted by Crippen LogP contribution is 2.31. The van der Waals surface area contributed by atoms with Crippen LogP contribution in [0.15, 0.2) is 48.5 Å². The van der Waals surface area contributed by atoms with E-state index < -0.39 is 21.7 Å². The summed E-state index contributed by atoms with van der Waals surface area (Å²) in [7, 11) is -0.183. The maximum atomic E-state index is 12.5. The SMILES string of the molecule is COc1ccc(NC(=O)C[C@H]2CS(=O)(=O)C[C@@H]2CC(=O)Nc2ccc(OC)cc2)cc1. The Labute approximate surface area is 181 Å². The van der Waals surface area contributed by atoms with Gasteiger partial charge in [-0.3, -0.25) is 9.59 Å². The molecule has 1 aliphatic heterocycles. The van der Waals surface area contributed by atoms with Crippen molar-refractivity contribution in [3.8, 4) is 11.5 Å². The van der Waals surface area contributed by atoms with Crippen LogP contribution in [0.5, 0.6) is 11.5 Å². The molecule has 1 heterocycles. The number of rotatable bonds is 8. The van der Waals surface area contributed by atoms with Crippen molar-refractivity contribution in [1.29, 1.82) is 0 Å². The summed E-state index contributed by atoms with van der Waals surface area (Å²) in [6.07, 6.45) is 0.0669. The van der Waals surface area contributed by atoms with Gasteiger partial charge < -0.3 is 20.1 Å². The lowest BCUT2D eigenvalue weighted by atomic mass is 9.89. The van der Waals surface area contributed by atoms with Gasteiger partial charge in [-0.1, -0.05) is 0 Å². The van der Waals surface area contributed by atoms with Gasteiger partial charge in [0.15, 0.2) is 9.84 Å².